The van der Waals surface area contributed by atoms with Gasteiger partial charge in [-0.2, -0.15) is 0 Å². The number of halogens is 2. The summed E-state index contributed by atoms with van der Waals surface area (Å²) in [7, 11) is -1.52. The first kappa shape index (κ1) is 16.4. The molecule has 0 fully saturated rings. The highest BCUT2D eigenvalue weighted by Crippen LogP contribution is 2.33. The summed E-state index contributed by atoms with van der Waals surface area (Å²) in [6.07, 6.45) is 0. The lowest BCUT2D eigenvalue weighted by molar-refractivity contribution is 0.350. The van der Waals surface area contributed by atoms with Crippen molar-refractivity contribution in [3.63, 3.8) is 0 Å². The Balaban J connectivity index is 2.48. The van der Waals surface area contributed by atoms with Gasteiger partial charge in [-0.15, -0.1) is 0 Å². The van der Waals surface area contributed by atoms with Gasteiger partial charge < -0.3 is 9.47 Å². The first-order valence-corrected chi connectivity index (χ1v) is 7.94. The van der Waals surface area contributed by atoms with E-state index in [1.165, 1.54) is 26.4 Å². The average Bonchev–Trinajstić information content (AvgIpc) is 2.48. The molecule has 0 radical (unpaired) electrons. The molecule has 0 aliphatic carbocycles. The van der Waals surface area contributed by atoms with Gasteiger partial charge in [0.1, 0.15) is 10.7 Å². The molecular formula is C14H13ClFNO4S. The Labute approximate surface area is 132 Å². The zero-order valence-electron chi connectivity index (χ0n) is 11.8. The molecule has 1 N–H and O–H groups in total. The van der Waals surface area contributed by atoms with Crippen LogP contribution in [0.25, 0.3) is 0 Å². The van der Waals surface area contributed by atoms with Gasteiger partial charge in [0.25, 0.3) is 10.0 Å². The van der Waals surface area contributed by atoms with E-state index in [9.17, 15) is 12.8 Å². The maximum Gasteiger partial charge on any atom is 0.265 e. The third kappa shape index (κ3) is 3.26. The number of nitrogens with one attached hydrogen (secondary N) is 1. The molecule has 22 heavy (non-hydrogen) atoms. The van der Waals surface area contributed by atoms with Crippen molar-refractivity contribution in [3.05, 3.63) is 47.2 Å². The zero-order chi connectivity index (χ0) is 16.3. The predicted molar refractivity (Wildman–Crippen MR) is 81.8 cm³/mol. The van der Waals surface area contributed by atoms with Crippen LogP contribution < -0.4 is 14.2 Å². The third-order valence-corrected chi connectivity index (χ3v) is 4.56. The number of hydrogen-bond donors (Lipinski definition) is 1. The van der Waals surface area contributed by atoms with Crippen LogP contribution in [0.15, 0.2) is 41.3 Å². The summed E-state index contributed by atoms with van der Waals surface area (Å²) >= 11 is 5.90. The highest BCUT2D eigenvalue weighted by atomic mass is 35.5. The number of benzene rings is 2. The Kier molecular flexibility index (Phi) is 4.77. The molecule has 2 rings (SSSR count). The highest BCUT2D eigenvalue weighted by Gasteiger charge is 2.23. The average molecular weight is 346 g/mol. The van der Waals surface area contributed by atoms with Crippen molar-refractivity contribution in [2.24, 2.45) is 0 Å². The van der Waals surface area contributed by atoms with Crippen LogP contribution in [0.3, 0.4) is 0 Å². The lowest BCUT2D eigenvalue weighted by atomic mass is 10.3. The SMILES string of the molecule is COc1cc(F)c(S(=O)(=O)Nc2ccccc2Cl)cc1OC. The Morgan fingerprint density at radius 1 is 1.09 bits per heavy atom. The van der Waals surface area contributed by atoms with Crippen molar-refractivity contribution in [1.29, 1.82) is 0 Å². The highest BCUT2D eigenvalue weighted by molar-refractivity contribution is 7.92. The monoisotopic (exact) mass is 345 g/mol. The molecule has 0 spiro atoms. The molecule has 8 heteroatoms. The van der Waals surface area contributed by atoms with E-state index in [1.54, 1.807) is 12.1 Å². The summed E-state index contributed by atoms with van der Waals surface area (Å²) in [6.45, 7) is 0. The van der Waals surface area contributed by atoms with Crippen molar-refractivity contribution in [2.45, 2.75) is 4.90 Å². The Hall–Kier alpha value is -1.99. The maximum absolute atomic E-state index is 14.1. The van der Waals surface area contributed by atoms with Gasteiger partial charge >= 0.3 is 0 Å². The van der Waals surface area contributed by atoms with E-state index in [0.717, 1.165) is 12.1 Å². The van der Waals surface area contributed by atoms with Gasteiger partial charge in [-0.3, -0.25) is 4.72 Å². The fourth-order valence-corrected chi connectivity index (χ4v) is 3.18. The largest absolute Gasteiger partial charge is 0.493 e. The van der Waals surface area contributed by atoms with Gasteiger partial charge in [0.15, 0.2) is 11.5 Å². The quantitative estimate of drug-likeness (QED) is 0.903. The number of anilines is 1. The summed E-state index contributed by atoms with van der Waals surface area (Å²) in [6, 6.07) is 8.24. The fraction of sp³-hybridized carbons (Fsp3) is 0.143. The lowest BCUT2D eigenvalue weighted by Crippen LogP contribution is -2.15. The van der Waals surface area contributed by atoms with E-state index in [2.05, 4.69) is 4.72 Å². The second kappa shape index (κ2) is 6.41. The summed E-state index contributed by atoms with van der Waals surface area (Å²) in [5.41, 5.74) is 0.151. The summed E-state index contributed by atoms with van der Waals surface area (Å²) < 4.78 is 50.9. The molecule has 0 heterocycles. The van der Waals surface area contributed by atoms with Crippen LogP contribution in [0, 0.1) is 5.82 Å². The number of methoxy groups -OCH3 is 2. The molecule has 0 aromatic heterocycles. The second-order valence-electron chi connectivity index (χ2n) is 4.22. The zero-order valence-corrected chi connectivity index (χ0v) is 13.3. The van der Waals surface area contributed by atoms with E-state index >= 15 is 0 Å². The van der Waals surface area contributed by atoms with Gasteiger partial charge in [-0.1, -0.05) is 23.7 Å². The molecule has 0 atom stereocenters. The van der Waals surface area contributed by atoms with Crippen LogP contribution in [0.2, 0.25) is 5.02 Å². The summed E-state index contributed by atoms with van der Waals surface area (Å²) in [5.74, 6) is -0.766. The molecule has 0 bridgehead atoms. The number of ether oxygens (including phenoxy) is 2. The van der Waals surface area contributed by atoms with Crippen LogP contribution in [0.1, 0.15) is 0 Å². The Morgan fingerprint density at radius 3 is 2.27 bits per heavy atom. The van der Waals surface area contributed by atoms with E-state index < -0.39 is 20.7 Å². The Bertz CT molecular complexity index is 795. The predicted octanol–water partition coefficient (Wildman–Crippen LogP) is 3.30. The summed E-state index contributed by atoms with van der Waals surface area (Å²) in [5, 5.41) is 0.201. The van der Waals surface area contributed by atoms with E-state index in [-0.39, 0.29) is 22.2 Å². The number of rotatable bonds is 5. The second-order valence-corrected chi connectivity index (χ2v) is 6.28. The maximum atomic E-state index is 14.1. The van der Waals surface area contributed by atoms with Crippen molar-refractivity contribution in [2.75, 3.05) is 18.9 Å². The van der Waals surface area contributed by atoms with Gasteiger partial charge in [0.2, 0.25) is 0 Å². The molecule has 118 valence electrons. The normalized spacial score (nSPS) is 11.1. The molecule has 2 aromatic carbocycles. The van der Waals surface area contributed by atoms with Crippen molar-refractivity contribution < 1.29 is 22.3 Å². The molecule has 0 saturated heterocycles. The fourth-order valence-electron chi connectivity index (χ4n) is 1.79. The first-order valence-electron chi connectivity index (χ1n) is 6.08. The van der Waals surface area contributed by atoms with Crippen LogP contribution in [0.5, 0.6) is 11.5 Å². The smallest absolute Gasteiger partial charge is 0.265 e. The van der Waals surface area contributed by atoms with Gasteiger partial charge in [0, 0.05) is 12.1 Å². The standard InChI is InChI=1S/C14H13ClFNO4S/c1-20-12-7-10(16)14(8-13(12)21-2)22(18,19)17-11-6-4-3-5-9(11)15/h3-8,17H,1-2H3. The van der Waals surface area contributed by atoms with Gasteiger partial charge in [-0.05, 0) is 12.1 Å². The molecule has 0 unspecified atom stereocenters. The van der Waals surface area contributed by atoms with Crippen molar-refractivity contribution in [3.8, 4) is 11.5 Å². The van der Waals surface area contributed by atoms with E-state index in [1.807, 2.05) is 0 Å². The van der Waals surface area contributed by atoms with Crippen LogP contribution in [0.4, 0.5) is 10.1 Å². The van der Waals surface area contributed by atoms with E-state index in [0.29, 0.717) is 0 Å². The Morgan fingerprint density at radius 2 is 1.68 bits per heavy atom. The van der Waals surface area contributed by atoms with Crippen LogP contribution in [-0.4, -0.2) is 22.6 Å². The third-order valence-electron chi connectivity index (χ3n) is 2.85. The summed E-state index contributed by atoms with van der Waals surface area (Å²) in [4.78, 5) is -0.565. The molecule has 0 amide bonds. The molecule has 0 aliphatic heterocycles. The molecule has 5 nitrogen and oxygen atoms in total. The lowest BCUT2D eigenvalue weighted by Gasteiger charge is -2.13. The molecule has 2 aromatic rings. The minimum atomic E-state index is -4.17. The minimum absolute atomic E-state index is 0.0942. The molecular weight excluding hydrogens is 333 g/mol. The van der Waals surface area contributed by atoms with Crippen LogP contribution in [-0.2, 0) is 10.0 Å². The number of hydrogen-bond acceptors (Lipinski definition) is 4. The van der Waals surface area contributed by atoms with E-state index in [4.69, 9.17) is 21.1 Å². The topological polar surface area (TPSA) is 64.6 Å². The number of para-hydroxylation sites is 1. The van der Waals surface area contributed by atoms with Crippen molar-refractivity contribution >= 4 is 27.3 Å². The van der Waals surface area contributed by atoms with Crippen LogP contribution >= 0.6 is 11.6 Å². The minimum Gasteiger partial charge on any atom is -0.493 e. The number of sulfonamides is 1. The first-order chi connectivity index (χ1) is 10.4. The van der Waals surface area contributed by atoms with Crippen molar-refractivity contribution in [1.82, 2.24) is 0 Å². The van der Waals surface area contributed by atoms with Gasteiger partial charge in [-0.25, -0.2) is 12.8 Å². The molecule has 0 aliphatic rings. The van der Waals surface area contributed by atoms with Gasteiger partial charge in [0.05, 0.1) is 24.9 Å². The molecule has 0 saturated carbocycles.